The van der Waals surface area contributed by atoms with Gasteiger partial charge in [0.15, 0.2) is 5.43 Å². The number of aryl methyl sites for hydroxylation is 1. The van der Waals surface area contributed by atoms with Gasteiger partial charge >= 0.3 is 0 Å². The molecule has 20 heavy (non-hydrogen) atoms. The van der Waals surface area contributed by atoms with Gasteiger partial charge in [-0.15, -0.1) is 0 Å². The fourth-order valence-electron chi connectivity index (χ4n) is 2.26. The summed E-state index contributed by atoms with van der Waals surface area (Å²) in [5.74, 6) is 1.03. The number of rotatable bonds is 6. The molecule has 1 aromatic carbocycles. The standard InChI is InChI=1S/C16H20O4/c1-3-4-5-6-7-11-8-13(17)16-14(18)9-12(19-2)10-15(16)20-11/h8-10,18H,3-7H2,1-2H3. The molecule has 1 heterocycles. The molecular formula is C16H20O4. The van der Waals surface area contributed by atoms with Gasteiger partial charge in [0.05, 0.1) is 7.11 Å². The predicted molar refractivity (Wildman–Crippen MR) is 78.5 cm³/mol. The maximum Gasteiger partial charge on any atom is 0.196 e. The molecule has 108 valence electrons. The van der Waals surface area contributed by atoms with Crippen LogP contribution in [0.15, 0.2) is 27.4 Å². The largest absolute Gasteiger partial charge is 0.507 e. The van der Waals surface area contributed by atoms with Crippen LogP contribution < -0.4 is 10.2 Å². The highest BCUT2D eigenvalue weighted by Gasteiger charge is 2.11. The predicted octanol–water partition coefficient (Wildman–Crippen LogP) is 3.63. The minimum atomic E-state index is -0.211. The molecule has 0 bridgehead atoms. The van der Waals surface area contributed by atoms with Crippen molar-refractivity contribution >= 4 is 11.0 Å². The van der Waals surface area contributed by atoms with Crippen molar-refractivity contribution in [2.75, 3.05) is 7.11 Å². The van der Waals surface area contributed by atoms with E-state index in [-0.39, 0.29) is 16.6 Å². The molecule has 0 amide bonds. The van der Waals surface area contributed by atoms with Gasteiger partial charge in [-0.05, 0) is 6.42 Å². The topological polar surface area (TPSA) is 59.7 Å². The molecule has 1 N–H and O–H groups in total. The Labute approximate surface area is 118 Å². The molecule has 1 aromatic heterocycles. The SMILES string of the molecule is CCCCCCc1cc(=O)c2c(O)cc(OC)cc2o1. The number of ether oxygens (including phenoxy) is 1. The Balaban J connectivity index is 2.33. The van der Waals surface area contributed by atoms with Crippen LogP contribution in [0.3, 0.4) is 0 Å². The fraction of sp³-hybridized carbons (Fsp3) is 0.438. The molecule has 0 aliphatic heterocycles. The van der Waals surface area contributed by atoms with Gasteiger partial charge in [0.2, 0.25) is 0 Å². The molecule has 0 fully saturated rings. The Morgan fingerprint density at radius 3 is 2.70 bits per heavy atom. The summed E-state index contributed by atoms with van der Waals surface area (Å²) in [4.78, 5) is 12.0. The minimum Gasteiger partial charge on any atom is -0.507 e. The zero-order valence-electron chi connectivity index (χ0n) is 11.9. The van der Waals surface area contributed by atoms with Crippen molar-refractivity contribution in [1.29, 1.82) is 0 Å². The highest BCUT2D eigenvalue weighted by Crippen LogP contribution is 2.28. The maximum atomic E-state index is 12.0. The van der Waals surface area contributed by atoms with Crippen LogP contribution in [-0.4, -0.2) is 12.2 Å². The van der Waals surface area contributed by atoms with Gasteiger partial charge < -0.3 is 14.3 Å². The zero-order valence-corrected chi connectivity index (χ0v) is 11.9. The average Bonchev–Trinajstić information content (AvgIpc) is 2.42. The number of benzene rings is 1. The lowest BCUT2D eigenvalue weighted by Crippen LogP contribution is -2.03. The van der Waals surface area contributed by atoms with Crippen molar-refractivity contribution in [3.8, 4) is 11.5 Å². The van der Waals surface area contributed by atoms with Crippen LogP contribution in [0.25, 0.3) is 11.0 Å². The van der Waals surface area contributed by atoms with E-state index in [4.69, 9.17) is 9.15 Å². The molecule has 4 nitrogen and oxygen atoms in total. The molecule has 0 saturated carbocycles. The molecule has 0 spiro atoms. The molecular weight excluding hydrogens is 256 g/mol. The summed E-state index contributed by atoms with van der Waals surface area (Å²) < 4.78 is 10.8. The number of methoxy groups -OCH3 is 1. The second-order valence-corrected chi connectivity index (χ2v) is 4.91. The van der Waals surface area contributed by atoms with Gasteiger partial charge in [0, 0.05) is 24.6 Å². The van der Waals surface area contributed by atoms with Crippen LogP contribution in [0.4, 0.5) is 0 Å². The monoisotopic (exact) mass is 276 g/mol. The Hall–Kier alpha value is -1.97. The maximum absolute atomic E-state index is 12.0. The molecule has 0 radical (unpaired) electrons. The van der Waals surface area contributed by atoms with Crippen molar-refractivity contribution in [1.82, 2.24) is 0 Å². The number of hydrogen-bond acceptors (Lipinski definition) is 4. The summed E-state index contributed by atoms with van der Waals surface area (Å²) in [5.41, 5.74) is 0.164. The number of fused-ring (bicyclic) bond motifs is 1. The minimum absolute atomic E-state index is 0.106. The summed E-state index contributed by atoms with van der Waals surface area (Å²) in [6, 6.07) is 4.52. The second kappa shape index (κ2) is 6.46. The van der Waals surface area contributed by atoms with Crippen molar-refractivity contribution in [2.24, 2.45) is 0 Å². The number of unbranched alkanes of at least 4 members (excludes halogenated alkanes) is 3. The molecule has 4 heteroatoms. The molecule has 2 aromatic rings. The number of phenolic OH excluding ortho intramolecular Hbond substituents is 1. The first-order chi connectivity index (χ1) is 9.65. The second-order valence-electron chi connectivity index (χ2n) is 4.91. The fourth-order valence-corrected chi connectivity index (χ4v) is 2.26. The van der Waals surface area contributed by atoms with Gasteiger partial charge in [-0.1, -0.05) is 26.2 Å². The summed E-state index contributed by atoms with van der Waals surface area (Å²) in [6.45, 7) is 2.16. The molecule has 0 unspecified atom stereocenters. The van der Waals surface area contributed by atoms with Gasteiger partial charge in [-0.25, -0.2) is 0 Å². The van der Waals surface area contributed by atoms with E-state index < -0.39 is 0 Å². The van der Waals surface area contributed by atoms with E-state index in [2.05, 4.69) is 6.92 Å². The molecule has 0 atom stereocenters. The van der Waals surface area contributed by atoms with E-state index in [1.54, 1.807) is 6.07 Å². The van der Waals surface area contributed by atoms with Crippen LogP contribution in [0, 0.1) is 0 Å². The number of hydrogen-bond donors (Lipinski definition) is 1. The third-order valence-electron chi connectivity index (χ3n) is 3.35. The Bertz CT molecular complexity index is 643. The quantitative estimate of drug-likeness (QED) is 0.818. The van der Waals surface area contributed by atoms with Crippen LogP contribution in [0.1, 0.15) is 38.4 Å². The third kappa shape index (κ3) is 3.13. The van der Waals surface area contributed by atoms with Gasteiger partial charge in [-0.3, -0.25) is 4.79 Å². The van der Waals surface area contributed by atoms with E-state index >= 15 is 0 Å². The van der Waals surface area contributed by atoms with E-state index in [1.807, 2.05) is 0 Å². The van der Waals surface area contributed by atoms with Crippen LogP contribution in [-0.2, 0) is 6.42 Å². The Morgan fingerprint density at radius 2 is 2.00 bits per heavy atom. The molecule has 0 saturated heterocycles. The molecule has 0 aliphatic carbocycles. The Morgan fingerprint density at radius 1 is 1.20 bits per heavy atom. The average molecular weight is 276 g/mol. The van der Waals surface area contributed by atoms with Crippen LogP contribution in [0.2, 0.25) is 0 Å². The first-order valence-electron chi connectivity index (χ1n) is 6.99. The zero-order chi connectivity index (χ0) is 14.5. The summed E-state index contributed by atoms with van der Waals surface area (Å²) >= 11 is 0. The number of aromatic hydroxyl groups is 1. The van der Waals surface area contributed by atoms with E-state index in [0.29, 0.717) is 17.1 Å². The Kier molecular flexibility index (Phi) is 4.66. The van der Waals surface area contributed by atoms with Crippen molar-refractivity contribution in [3.05, 3.63) is 34.2 Å². The highest BCUT2D eigenvalue weighted by molar-refractivity contribution is 5.84. The van der Waals surface area contributed by atoms with Gasteiger partial charge in [0.25, 0.3) is 0 Å². The van der Waals surface area contributed by atoms with Crippen molar-refractivity contribution < 1.29 is 14.3 Å². The highest BCUT2D eigenvalue weighted by atomic mass is 16.5. The summed E-state index contributed by atoms with van der Waals surface area (Å²) in [5, 5.41) is 10.1. The first-order valence-corrected chi connectivity index (χ1v) is 6.99. The smallest absolute Gasteiger partial charge is 0.196 e. The third-order valence-corrected chi connectivity index (χ3v) is 3.35. The van der Waals surface area contributed by atoms with Crippen LogP contribution >= 0.6 is 0 Å². The number of phenols is 1. The van der Waals surface area contributed by atoms with E-state index in [9.17, 15) is 9.90 Å². The summed E-state index contributed by atoms with van der Waals surface area (Å²) in [6.07, 6.45) is 5.22. The van der Waals surface area contributed by atoms with Crippen molar-refractivity contribution in [2.45, 2.75) is 39.0 Å². The lowest BCUT2D eigenvalue weighted by atomic mass is 10.1. The molecule has 0 aliphatic rings. The van der Waals surface area contributed by atoms with Gasteiger partial charge in [-0.2, -0.15) is 0 Å². The van der Waals surface area contributed by atoms with E-state index in [0.717, 1.165) is 19.3 Å². The first kappa shape index (κ1) is 14.4. The summed E-state index contributed by atoms with van der Waals surface area (Å²) in [7, 11) is 1.51. The van der Waals surface area contributed by atoms with Crippen molar-refractivity contribution in [3.63, 3.8) is 0 Å². The lowest BCUT2D eigenvalue weighted by molar-refractivity contribution is 0.407. The van der Waals surface area contributed by atoms with Crippen LogP contribution in [0.5, 0.6) is 11.5 Å². The van der Waals surface area contributed by atoms with Gasteiger partial charge in [0.1, 0.15) is 28.2 Å². The normalized spacial score (nSPS) is 10.9. The van der Waals surface area contributed by atoms with E-state index in [1.165, 1.54) is 32.1 Å². The lowest BCUT2D eigenvalue weighted by Gasteiger charge is -2.06. The molecule has 2 rings (SSSR count).